The molecule has 1 saturated carbocycles. The number of anilines is 2. The number of hydrogen-bond donors (Lipinski definition) is 2. The van der Waals surface area contributed by atoms with Gasteiger partial charge in [-0.05, 0) is 37.5 Å². The van der Waals surface area contributed by atoms with Gasteiger partial charge in [-0.25, -0.2) is 9.97 Å². The first kappa shape index (κ1) is 23.6. The number of pyridine rings is 2. The Morgan fingerprint density at radius 2 is 2.00 bits per heavy atom. The van der Waals surface area contributed by atoms with Gasteiger partial charge in [-0.1, -0.05) is 19.8 Å². The monoisotopic (exact) mass is 467 g/mol. The minimum absolute atomic E-state index is 0.0324. The van der Waals surface area contributed by atoms with Gasteiger partial charge in [-0.15, -0.1) is 0 Å². The van der Waals surface area contributed by atoms with Crippen LogP contribution in [0, 0.1) is 0 Å². The van der Waals surface area contributed by atoms with Gasteiger partial charge in [0.05, 0.1) is 25.8 Å². The number of carbonyl (C=O) groups is 1. The van der Waals surface area contributed by atoms with Crippen molar-refractivity contribution in [2.24, 2.45) is 0 Å². The van der Waals surface area contributed by atoms with Crippen LogP contribution in [-0.2, 0) is 16.0 Å². The van der Waals surface area contributed by atoms with Crippen molar-refractivity contribution in [2.45, 2.75) is 51.5 Å². The smallest absolute Gasteiger partial charge is 0.305 e. The fraction of sp³-hybridized carbons (Fsp3) is 0.458. The van der Waals surface area contributed by atoms with Crippen LogP contribution in [0.5, 0.6) is 5.75 Å². The van der Waals surface area contributed by atoms with Crippen molar-refractivity contribution >= 4 is 28.8 Å². The van der Waals surface area contributed by atoms with Gasteiger partial charge in [0.15, 0.2) is 0 Å². The van der Waals surface area contributed by atoms with Crippen LogP contribution in [-0.4, -0.2) is 50.4 Å². The van der Waals surface area contributed by atoms with E-state index in [-0.39, 0.29) is 24.6 Å². The molecule has 34 heavy (non-hydrogen) atoms. The van der Waals surface area contributed by atoms with E-state index in [0.717, 1.165) is 36.6 Å². The summed E-state index contributed by atoms with van der Waals surface area (Å²) >= 11 is 0. The van der Waals surface area contributed by atoms with E-state index < -0.39 is 5.97 Å². The van der Waals surface area contributed by atoms with Crippen molar-refractivity contribution < 1.29 is 19.4 Å². The van der Waals surface area contributed by atoms with Crippen molar-refractivity contribution in [3.63, 3.8) is 0 Å². The molecule has 3 aromatic heterocycles. The van der Waals surface area contributed by atoms with Crippen LogP contribution in [0.25, 0.3) is 11.0 Å². The third kappa shape index (κ3) is 5.69. The average molecular weight is 468 g/mol. The lowest BCUT2D eigenvalue weighted by molar-refractivity contribution is -0.138. The molecule has 0 saturated heterocycles. The van der Waals surface area contributed by atoms with E-state index in [4.69, 9.17) is 14.6 Å². The Morgan fingerprint density at radius 1 is 1.18 bits per heavy atom. The first-order valence-corrected chi connectivity index (χ1v) is 11.6. The average Bonchev–Trinajstić information content (AvgIpc) is 3.36. The first-order valence-electron chi connectivity index (χ1n) is 11.6. The Bertz CT molecular complexity index is 1190. The minimum Gasteiger partial charge on any atom is -0.490 e. The first-order chi connectivity index (χ1) is 16.5. The predicted molar refractivity (Wildman–Crippen MR) is 127 cm³/mol. The molecule has 10 heteroatoms. The van der Waals surface area contributed by atoms with Crippen LogP contribution in [0.15, 0.2) is 35.4 Å². The SMILES string of the molecule is CCc1cc2cnc(Nc3ccc(OCCOCCC(=O)O)cn3)nc2n(C2CCCC2)c1=O. The second kappa shape index (κ2) is 11.1. The van der Waals surface area contributed by atoms with E-state index in [1.807, 2.05) is 17.6 Å². The number of rotatable bonds is 11. The summed E-state index contributed by atoms with van der Waals surface area (Å²) < 4.78 is 12.6. The van der Waals surface area contributed by atoms with E-state index in [1.165, 1.54) is 0 Å². The van der Waals surface area contributed by atoms with E-state index >= 15 is 0 Å². The highest BCUT2D eigenvalue weighted by atomic mass is 16.5. The van der Waals surface area contributed by atoms with Crippen molar-refractivity contribution in [1.82, 2.24) is 19.5 Å². The summed E-state index contributed by atoms with van der Waals surface area (Å²) in [5.41, 5.74) is 1.47. The van der Waals surface area contributed by atoms with Gasteiger partial charge in [0, 0.05) is 23.2 Å². The van der Waals surface area contributed by atoms with Crippen molar-refractivity contribution in [3.8, 4) is 5.75 Å². The molecule has 0 aromatic carbocycles. The summed E-state index contributed by atoms with van der Waals surface area (Å²) in [6, 6.07) is 5.57. The number of hydrogen-bond acceptors (Lipinski definition) is 8. The molecule has 1 aliphatic carbocycles. The Labute approximate surface area is 197 Å². The number of nitrogens with one attached hydrogen (secondary N) is 1. The Hall–Kier alpha value is -3.53. The van der Waals surface area contributed by atoms with E-state index in [9.17, 15) is 9.59 Å². The van der Waals surface area contributed by atoms with Crippen LogP contribution in [0.4, 0.5) is 11.8 Å². The standard InChI is InChI=1S/C24H29N5O5/c1-2-16-13-17-14-26-24(28-22(17)29(23(16)32)18-5-3-4-6-18)27-20-8-7-19(15-25-20)34-12-11-33-10-9-21(30)31/h7-8,13-15,18H,2-6,9-12H2,1H3,(H,30,31)(H,25,26,27,28). The topological polar surface area (TPSA) is 128 Å². The Morgan fingerprint density at radius 3 is 2.71 bits per heavy atom. The zero-order chi connectivity index (χ0) is 23.9. The fourth-order valence-corrected chi connectivity index (χ4v) is 4.13. The summed E-state index contributed by atoms with van der Waals surface area (Å²) in [5, 5.41) is 12.5. The lowest BCUT2D eigenvalue weighted by Crippen LogP contribution is -2.27. The lowest BCUT2D eigenvalue weighted by atomic mass is 10.1. The third-order valence-corrected chi connectivity index (χ3v) is 5.85. The lowest BCUT2D eigenvalue weighted by Gasteiger charge is -2.18. The van der Waals surface area contributed by atoms with Crippen molar-refractivity contribution in [2.75, 3.05) is 25.1 Å². The second-order valence-corrected chi connectivity index (χ2v) is 8.22. The van der Waals surface area contributed by atoms with Gasteiger partial charge in [-0.3, -0.25) is 14.2 Å². The van der Waals surface area contributed by atoms with Gasteiger partial charge in [0.1, 0.15) is 23.8 Å². The van der Waals surface area contributed by atoms with Crippen LogP contribution >= 0.6 is 0 Å². The zero-order valence-corrected chi connectivity index (χ0v) is 19.2. The zero-order valence-electron chi connectivity index (χ0n) is 19.2. The molecule has 0 spiro atoms. The van der Waals surface area contributed by atoms with Crippen molar-refractivity contribution in [3.05, 3.63) is 46.5 Å². The maximum absolute atomic E-state index is 13.1. The Kier molecular flexibility index (Phi) is 7.69. The molecule has 0 bridgehead atoms. The van der Waals surface area contributed by atoms with E-state index in [1.54, 1.807) is 24.5 Å². The molecule has 1 fully saturated rings. The molecule has 0 aliphatic heterocycles. The summed E-state index contributed by atoms with van der Waals surface area (Å²) in [7, 11) is 0. The Balaban J connectivity index is 1.44. The molecule has 3 heterocycles. The summed E-state index contributed by atoms with van der Waals surface area (Å²) in [4.78, 5) is 37.0. The number of carboxylic acids is 1. The molecule has 10 nitrogen and oxygen atoms in total. The maximum atomic E-state index is 13.1. The van der Waals surface area contributed by atoms with Crippen molar-refractivity contribution in [1.29, 1.82) is 0 Å². The highest BCUT2D eigenvalue weighted by Gasteiger charge is 2.22. The number of aryl methyl sites for hydroxylation is 1. The molecule has 1 aliphatic rings. The molecule has 0 radical (unpaired) electrons. The molecular weight excluding hydrogens is 438 g/mol. The molecule has 0 atom stereocenters. The van der Waals surface area contributed by atoms with Crippen LogP contribution < -0.4 is 15.6 Å². The molecule has 4 rings (SSSR count). The molecular formula is C24H29N5O5. The summed E-state index contributed by atoms with van der Waals surface area (Å²) in [6.07, 6.45) is 8.18. The predicted octanol–water partition coefficient (Wildman–Crippen LogP) is 3.48. The third-order valence-electron chi connectivity index (χ3n) is 5.85. The summed E-state index contributed by atoms with van der Waals surface area (Å²) in [6.45, 7) is 2.73. The largest absolute Gasteiger partial charge is 0.490 e. The highest BCUT2D eigenvalue weighted by Crippen LogP contribution is 2.31. The normalized spacial score (nSPS) is 13.9. The number of nitrogens with zero attached hydrogens (tertiary/aromatic N) is 4. The number of carboxylic acid groups (broad SMARTS) is 1. The number of ether oxygens (including phenoxy) is 2. The number of aliphatic carboxylic acids is 1. The van der Waals surface area contributed by atoms with Gasteiger partial charge >= 0.3 is 5.97 Å². The molecule has 3 aromatic rings. The van der Waals surface area contributed by atoms with Gasteiger partial charge in [0.25, 0.3) is 5.56 Å². The maximum Gasteiger partial charge on any atom is 0.305 e. The fourth-order valence-electron chi connectivity index (χ4n) is 4.13. The van der Waals surface area contributed by atoms with Gasteiger partial charge in [0.2, 0.25) is 5.95 Å². The van der Waals surface area contributed by atoms with Crippen LogP contribution in [0.2, 0.25) is 0 Å². The summed E-state index contributed by atoms with van der Waals surface area (Å²) in [5.74, 6) is 0.588. The van der Waals surface area contributed by atoms with Gasteiger partial charge in [-0.2, -0.15) is 4.98 Å². The molecule has 0 amide bonds. The van der Waals surface area contributed by atoms with E-state index in [2.05, 4.69) is 20.3 Å². The highest BCUT2D eigenvalue weighted by molar-refractivity contribution is 5.76. The van der Waals surface area contributed by atoms with Gasteiger partial charge < -0.3 is 19.9 Å². The van der Waals surface area contributed by atoms with Crippen LogP contribution in [0.3, 0.4) is 0 Å². The molecule has 180 valence electrons. The van der Waals surface area contributed by atoms with E-state index in [0.29, 0.717) is 42.8 Å². The quantitative estimate of drug-likeness (QED) is 0.407. The molecule has 2 N–H and O–H groups in total. The second-order valence-electron chi connectivity index (χ2n) is 8.22. The number of fused-ring (bicyclic) bond motifs is 1. The molecule has 0 unspecified atom stereocenters. The minimum atomic E-state index is -0.892. The number of aromatic nitrogens is 4. The van der Waals surface area contributed by atoms with Crippen LogP contribution in [0.1, 0.15) is 50.6 Å².